The minimum Gasteiger partial charge on any atom is -0.271 e. The van der Waals surface area contributed by atoms with Gasteiger partial charge < -0.3 is 0 Å². The van der Waals surface area contributed by atoms with Gasteiger partial charge in [-0.2, -0.15) is 0 Å². The summed E-state index contributed by atoms with van der Waals surface area (Å²) in [5.41, 5.74) is 4.37. The monoisotopic (exact) mass is 255 g/mol. The molecule has 3 heteroatoms. The molecule has 1 aliphatic carbocycles. The molecule has 0 amide bonds. The average Bonchev–Trinajstić information content (AvgIpc) is 2.49. The van der Waals surface area contributed by atoms with Gasteiger partial charge in [0.2, 0.25) is 0 Å². The molecule has 1 saturated carbocycles. The van der Waals surface area contributed by atoms with E-state index in [1.165, 1.54) is 48.4 Å². The van der Waals surface area contributed by atoms with Gasteiger partial charge >= 0.3 is 0 Å². The molecule has 3 nitrogen and oxygen atoms in total. The number of benzene rings is 1. The number of nitrogens with one attached hydrogen (secondary N) is 1. The largest absolute Gasteiger partial charge is 0.271 e. The van der Waals surface area contributed by atoms with Crippen molar-refractivity contribution >= 4 is 10.8 Å². The summed E-state index contributed by atoms with van der Waals surface area (Å²) < 4.78 is 0. The Hall–Kier alpha value is -1.45. The predicted octanol–water partition coefficient (Wildman–Crippen LogP) is 3.32. The van der Waals surface area contributed by atoms with Crippen molar-refractivity contribution in [3.05, 3.63) is 42.2 Å². The number of pyridine rings is 1. The Morgan fingerprint density at radius 3 is 2.79 bits per heavy atom. The zero-order valence-corrected chi connectivity index (χ0v) is 11.2. The molecule has 1 unspecified atom stereocenters. The minimum absolute atomic E-state index is 0.256. The van der Waals surface area contributed by atoms with Gasteiger partial charge in [0.15, 0.2) is 0 Å². The van der Waals surface area contributed by atoms with Crippen molar-refractivity contribution in [2.24, 2.45) is 11.8 Å². The Balaban J connectivity index is 2.00. The highest BCUT2D eigenvalue weighted by Crippen LogP contribution is 2.36. The standard InChI is InChI=1S/C16H21N3/c17-19-16(12-5-2-1-3-6-12)15-8-4-7-13-11-18-10-9-14(13)15/h4,7-12,16,19H,1-3,5-6,17H2. The van der Waals surface area contributed by atoms with E-state index < -0.39 is 0 Å². The molecule has 19 heavy (non-hydrogen) atoms. The summed E-state index contributed by atoms with van der Waals surface area (Å²) in [4.78, 5) is 4.20. The zero-order chi connectivity index (χ0) is 13.1. The summed E-state index contributed by atoms with van der Waals surface area (Å²) in [5, 5.41) is 2.46. The SMILES string of the molecule is NNC(c1cccc2cnccc12)C1CCCCC1. The summed E-state index contributed by atoms with van der Waals surface area (Å²) in [6, 6.07) is 8.76. The van der Waals surface area contributed by atoms with Crippen LogP contribution in [0.1, 0.15) is 43.7 Å². The maximum atomic E-state index is 5.86. The van der Waals surface area contributed by atoms with Gasteiger partial charge in [0.05, 0.1) is 0 Å². The Bertz CT molecular complexity index is 541. The van der Waals surface area contributed by atoms with E-state index in [0.717, 1.165) is 0 Å². The van der Waals surface area contributed by atoms with Crippen molar-refractivity contribution in [3.63, 3.8) is 0 Å². The highest BCUT2D eigenvalue weighted by Gasteiger charge is 2.25. The topological polar surface area (TPSA) is 50.9 Å². The van der Waals surface area contributed by atoms with Crippen LogP contribution in [0.4, 0.5) is 0 Å². The van der Waals surface area contributed by atoms with Crippen LogP contribution in [-0.4, -0.2) is 4.98 Å². The normalized spacial score (nSPS) is 18.6. The quantitative estimate of drug-likeness (QED) is 0.653. The van der Waals surface area contributed by atoms with Crippen LogP contribution in [0.5, 0.6) is 0 Å². The molecule has 1 aromatic heterocycles. The molecular formula is C16H21N3. The maximum absolute atomic E-state index is 5.86. The van der Waals surface area contributed by atoms with Crippen LogP contribution in [0.2, 0.25) is 0 Å². The highest BCUT2D eigenvalue weighted by atomic mass is 15.2. The fourth-order valence-corrected chi connectivity index (χ4v) is 3.37. The van der Waals surface area contributed by atoms with E-state index in [9.17, 15) is 0 Å². The lowest BCUT2D eigenvalue weighted by molar-refractivity contribution is 0.274. The number of rotatable bonds is 3. The minimum atomic E-state index is 0.256. The molecule has 100 valence electrons. The third-order valence-corrected chi connectivity index (χ3v) is 4.35. The molecule has 0 spiro atoms. The molecule has 0 aliphatic heterocycles. The second-order valence-electron chi connectivity index (χ2n) is 5.49. The molecule has 2 aromatic rings. The van der Waals surface area contributed by atoms with Crippen molar-refractivity contribution < 1.29 is 0 Å². The van der Waals surface area contributed by atoms with Gasteiger partial charge in [0, 0.05) is 23.8 Å². The summed E-state index contributed by atoms with van der Waals surface area (Å²) in [7, 11) is 0. The number of nitrogens with two attached hydrogens (primary N) is 1. The molecule has 3 rings (SSSR count). The van der Waals surface area contributed by atoms with Crippen LogP contribution in [0.15, 0.2) is 36.7 Å². The van der Waals surface area contributed by atoms with Crippen molar-refractivity contribution in [1.82, 2.24) is 10.4 Å². The molecule has 1 aromatic carbocycles. The van der Waals surface area contributed by atoms with Crippen LogP contribution in [0.3, 0.4) is 0 Å². The van der Waals surface area contributed by atoms with Gasteiger partial charge in [-0.15, -0.1) is 0 Å². The second-order valence-corrected chi connectivity index (χ2v) is 5.49. The number of hydrogen-bond donors (Lipinski definition) is 2. The summed E-state index contributed by atoms with van der Waals surface area (Å²) in [5.74, 6) is 6.51. The summed E-state index contributed by atoms with van der Waals surface area (Å²) in [6.07, 6.45) is 10.4. The fourth-order valence-electron chi connectivity index (χ4n) is 3.37. The number of aromatic nitrogens is 1. The van der Waals surface area contributed by atoms with E-state index >= 15 is 0 Å². The third kappa shape index (κ3) is 2.48. The first kappa shape index (κ1) is 12.6. The second kappa shape index (κ2) is 5.68. The lowest BCUT2D eigenvalue weighted by atomic mass is 9.80. The van der Waals surface area contributed by atoms with Crippen LogP contribution >= 0.6 is 0 Å². The molecular weight excluding hydrogens is 234 g/mol. The van der Waals surface area contributed by atoms with E-state index in [1.807, 2.05) is 12.4 Å². The van der Waals surface area contributed by atoms with Crippen LogP contribution in [-0.2, 0) is 0 Å². The van der Waals surface area contributed by atoms with Crippen LogP contribution < -0.4 is 11.3 Å². The van der Waals surface area contributed by atoms with E-state index in [0.29, 0.717) is 5.92 Å². The van der Waals surface area contributed by atoms with Gasteiger partial charge in [0.1, 0.15) is 0 Å². The van der Waals surface area contributed by atoms with Gasteiger partial charge in [-0.1, -0.05) is 37.5 Å². The molecule has 0 radical (unpaired) electrons. The molecule has 0 bridgehead atoms. The fraction of sp³-hybridized carbons (Fsp3) is 0.438. The van der Waals surface area contributed by atoms with Crippen molar-refractivity contribution in [2.75, 3.05) is 0 Å². The van der Waals surface area contributed by atoms with Gasteiger partial charge in [0.25, 0.3) is 0 Å². The van der Waals surface area contributed by atoms with Crippen molar-refractivity contribution in [1.29, 1.82) is 0 Å². The zero-order valence-electron chi connectivity index (χ0n) is 11.2. The number of nitrogens with zero attached hydrogens (tertiary/aromatic N) is 1. The molecule has 0 saturated heterocycles. The molecule has 1 atom stereocenters. The van der Waals surface area contributed by atoms with E-state index in [-0.39, 0.29) is 6.04 Å². The van der Waals surface area contributed by atoms with E-state index in [2.05, 4.69) is 34.7 Å². The third-order valence-electron chi connectivity index (χ3n) is 4.35. The summed E-state index contributed by atoms with van der Waals surface area (Å²) in [6.45, 7) is 0. The van der Waals surface area contributed by atoms with Crippen molar-refractivity contribution in [2.45, 2.75) is 38.1 Å². The molecule has 1 heterocycles. The first-order chi connectivity index (χ1) is 9.40. The first-order valence-electron chi connectivity index (χ1n) is 7.19. The molecule has 1 fully saturated rings. The lowest BCUT2D eigenvalue weighted by Gasteiger charge is -2.30. The lowest BCUT2D eigenvalue weighted by Crippen LogP contribution is -2.34. The smallest absolute Gasteiger partial charge is 0.0494 e. The van der Waals surface area contributed by atoms with Gasteiger partial charge in [-0.05, 0) is 35.8 Å². The number of fused-ring (bicyclic) bond motifs is 1. The molecule has 3 N–H and O–H groups in total. The van der Waals surface area contributed by atoms with E-state index in [4.69, 9.17) is 5.84 Å². The van der Waals surface area contributed by atoms with Crippen LogP contribution in [0, 0.1) is 5.92 Å². The first-order valence-corrected chi connectivity index (χ1v) is 7.19. The average molecular weight is 255 g/mol. The number of hydrogen-bond acceptors (Lipinski definition) is 3. The summed E-state index contributed by atoms with van der Waals surface area (Å²) >= 11 is 0. The Kier molecular flexibility index (Phi) is 3.76. The maximum Gasteiger partial charge on any atom is 0.0494 e. The Morgan fingerprint density at radius 2 is 2.00 bits per heavy atom. The van der Waals surface area contributed by atoms with E-state index in [1.54, 1.807) is 0 Å². The highest BCUT2D eigenvalue weighted by molar-refractivity contribution is 5.85. The predicted molar refractivity (Wildman–Crippen MR) is 78.4 cm³/mol. The van der Waals surface area contributed by atoms with Crippen molar-refractivity contribution in [3.8, 4) is 0 Å². The van der Waals surface area contributed by atoms with Gasteiger partial charge in [-0.25, -0.2) is 0 Å². The van der Waals surface area contributed by atoms with Crippen LogP contribution in [0.25, 0.3) is 10.8 Å². The number of hydrazine groups is 1. The Labute approximate surface area is 114 Å². The van der Waals surface area contributed by atoms with Gasteiger partial charge in [-0.3, -0.25) is 16.3 Å². The Morgan fingerprint density at radius 1 is 1.16 bits per heavy atom. The molecule has 1 aliphatic rings.